The number of nitrogens with zero attached hydrogens (tertiary/aromatic N) is 1. The Labute approximate surface area is 135 Å². The zero-order valence-corrected chi connectivity index (χ0v) is 14.5. The van der Waals surface area contributed by atoms with E-state index in [-0.39, 0.29) is 0 Å². The first kappa shape index (κ1) is 16.7. The van der Waals surface area contributed by atoms with Crippen LogP contribution in [-0.2, 0) is 9.47 Å². The van der Waals surface area contributed by atoms with Crippen LogP contribution < -0.4 is 5.32 Å². The molecule has 1 spiro atoms. The van der Waals surface area contributed by atoms with Gasteiger partial charge in [-0.15, -0.1) is 0 Å². The van der Waals surface area contributed by atoms with E-state index in [1.54, 1.807) is 7.11 Å². The van der Waals surface area contributed by atoms with Crippen molar-refractivity contribution in [2.75, 3.05) is 40.0 Å². The van der Waals surface area contributed by atoms with Crippen molar-refractivity contribution >= 4 is 0 Å². The first-order chi connectivity index (χ1) is 10.8. The van der Waals surface area contributed by atoms with Crippen LogP contribution in [0.1, 0.15) is 51.9 Å². The van der Waals surface area contributed by atoms with Crippen LogP contribution in [0.3, 0.4) is 0 Å². The maximum atomic E-state index is 6.03. The molecule has 0 amide bonds. The number of piperidine rings is 1. The molecule has 2 saturated carbocycles. The van der Waals surface area contributed by atoms with E-state index >= 15 is 0 Å². The number of methoxy groups -OCH3 is 1. The summed E-state index contributed by atoms with van der Waals surface area (Å²) in [6.45, 7) is 7.39. The minimum absolute atomic E-state index is 0.475. The summed E-state index contributed by atoms with van der Waals surface area (Å²) in [6.07, 6.45) is 9.89. The third-order valence-electron chi connectivity index (χ3n) is 6.32. The van der Waals surface area contributed by atoms with E-state index in [1.807, 2.05) is 0 Å². The van der Waals surface area contributed by atoms with Gasteiger partial charge in [0.1, 0.15) is 0 Å². The van der Waals surface area contributed by atoms with E-state index in [1.165, 1.54) is 58.0 Å². The molecule has 1 N–H and O–H groups in total. The second-order valence-corrected chi connectivity index (χ2v) is 7.45. The minimum Gasteiger partial charge on any atom is -0.383 e. The molecule has 0 bridgehead atoms. The molecule has 0 radical (unpaired) electrons. The first-order valence-electron chi connectivity index (χ1n) is 9.37. The number of likely N-dealkylation sites (tertiary alicyclic amines) is 1. The third kappa shape index (κ3) is 3.35. The van der Waals surface area contributed by atoms with Gasteiger partial charge in [0.25, 0.3) is 0 Å². The van der Waals surface area contributed by atoms with E-state index in [9.17, 15) is 0 Å². The summed E-state index contributed by atoms with van der Waals surface area (Å²) in [4.78, 5) is 2.54. The van der Waals surface area contributed by atoms with Gasteiger partial charge in [-0.1, -0.05) is 12.8 Å². The van der Waals surface area contributed by atoms with Crippen molar-refractivity contribution < 1.29 is 9.47 Å². The largest absolute Gasteiger partial charge is 0.383 e. The van der Waals surface area contributed by atoms with Gasteiger partial charge in [-0.25, -0.2) is 0 Å². The van der Waals surface area contributed by atoms with Crippen molar-refractivity contribution in [2.45, 2.75) is 70.1 Å². The normalized spacial score (nSPS) is 32.5. The molecule has 1 heterocycles. The zero-order valence-electron chi connectivity index (χ0n) is 14.5. The Morgan fingerprint density at radius 3 is 2.55 bits per heavy atom. The van der Waals surface area contributed by atoms with Crippen LogP contribution in [0.4, 0.5) is 0 Å². The lowest BCUT2D eigenvalue weighted by Crippen LogP contribution is -2.65. The number of nitrogens with one attached hydrogen (secondary N) is 1. The molecule has 4 heteroatoms. The van der Waals surface area contributed by atoms with Gasteiger partial charge >= 0.3 is 0 Å². The number of hydrogen-bond donors (Lipinski definition) is 1. The van der Waals surface area contributed by atoms with E-state index in [4.69, 9.17) is 9.47 Å². The predicted molar refractivity (Wildman–Crippen MR) is 89.2 cm³/mol. The summed E-state index contributed by atoms with van der Waals surface area (Å²) in [5.74, 6) is 0. The average Bonchev–Trinajstić information content (AvgIpc) is 3.06. The van der Waals surface area contributed by atoms with Crippen LogP contribution >= 0.6 is 0 Å². The van der Waals surface area contributed by atoms with Crippen LogP contribution in [0.15, 0.2) is 0 Å². The molecule has 4 nitrogen and oxygen atoms in total. The third-order valence-corrected chi connectivity index (χ3v) is 6.32. The molecule has 3 aliphatic rings. The van der Waals surface area contributed by atoms with Crippen molar-refractivity contribution in [3.05, 3.63) is 0 Å². The molecule has 0 aromatic heterocycles. The van der Waals surface area contributed by atoms with Gasteiger partial charge in [0, 0.05) is 37.8 Å². The molecule has 2 atom stereocenters. The smallest absolute Gasteiger partial charge is 0.0661 e. The summed E-state index contributed by atoms with van der Waals surface area (Å²) >= 11 is 0. The van der Waals surface area contributed by atoms with Crippen molar-refractivity contribution in [2.24, 2.45) is 5.41 Å². The molecule has 2 aliphatic carbocycles. The highest BCUT2D eigenvalue weighted by Crippen LogP contribution is 2.55. The number of ether oxygens (including phenoxy) is 2. The Bertz CT molecular complexity index is 336. The molecule has 22 heavy (non-hydrogen) atoms. The quantitative estimate of drug-likeness (QED) is 0.783. The van der Waals surface area contributed by atoms with E-state index in [2.05, 4.69) is 17.1 Å². The lowest BCUT2D eigenvalue weighted by atomic mass is 9.60. The summed E-state index contributed by atoms with van der Waals surface area (Å²) in [5.41, 5.74) is 0.475. The van der Waals surface area contributed by atoms with Gasteiger partial charge in [0.2, 0.25) is 0 Å². The highest BCUT2D eigenvalue weighted by atomic mass is 16.5. The highest BCUT2D eigenvalue weighted by Gasteiger charge is 2.56. The van der Waals surface area contributed by atoms with Crippen LogP contribution in [0.25, 0.3) is 0 Å². The Balaban J connectivity index is 1.46. The molecule has 0 aromatic carbocycles. The molecule has 1 aliphatic heterocycles. The van der Waals surface area contributed by atoms with Crippen molar-refractivity contribution in [1.82, 2.24) is 10.2 Å². The van der Waals surface area contributed by atoms with Gasteiger partial charge < -0.3 is 19.7 Å². The standard InChI is InChI=1S/C18H34N2O2/c1-3-22-17-14-16(18(17)8-4-5-9-18)19-15-6-10-20(11-7-15)12-13-21-2/h15-17,19H,3-14H2,1-2H3. The SMILES string of the molecule is CCOC1CC(NC2CCN(CCOC)CC2)C12CCCC2. The Morgan fingerprint density at radius 1 is 1.18 bits per heavy atom. The molecule has 2 unspecified atom stereocenters. The Hall–Kier alpha value is -0.160. The van der Waals surface area contributed by atoms with Crippen molar-refractivity contribution in [3.8, 4) is 0 Å². The molecule has 0 aromatic rings. The predicted octanol–water partition coefficient (Wildman–Crippen LogP) is 2.42. The second-order valence-electron chi connectivity index (χ2n) is 7.45. The monoisotopic (exact) mass is 310 g/mol. The van der Waals surface area contributed by atoms with Crippen molar-refractivity contribution in [3.63, 3.8) is 0 Å². The minimum atomic E-state index is 0.475. The average molecular weight is 310 g/mol. The first-order valence-corrected chi connectivity index (χ1v) is 9.37. The van der Waals surface area contributed by atoms with Crippen LogP contribution in [0, 0.1) is 5.41 Å². The van der Waals surface area contributed by atoms with Crippen LogP contribution in [-0.4, -0.2) is 63.0 Å². The molecule has 3 fully saturated rings. The van der Waals surface area contributed by atoms with Crippen molar-refractivity contribution in [1.29, 1.82) is 0 Å². The molecule has 3 rings (SSSR count). The van der Waals surface area contributed by atoms with E-state index < -0.39 is 0 Å². The topological polar surface area (TPSA) is 33.7 Å². The fourth-order valence-corrected chi connectivity index (χ4v) is 4.95. The van der Waals surface area contributed by atoms with Gasteiger partial charge in [-0.3, -0.25) is 0 Å². The van der Waals surface area contributed by atoms with Gasteiger partial charge in [-0.2, -0.15) is 0 Å². The van der Waals surface area contributed by atoms with E-state index in [0.29, 0.717) is 23.6 Å². The maximum Gasteiger partial charge on any atom is 0.0661 e. The van der Waals surface area contributed by atoms with Gasteiger partial charge in [0.05, 0.1) is 12.7 Å². The maximum absolute atomic E-state index is 6.03. The van der Waals surface area contributed by atoms with Crippen LogP contribution in [0.2, 0.25) is 0 Å². The highest BCUT2D eigenvalue weighted by molar-refractivity contribution is 5.10. The number of hydrogen-bond acceptors (Lipinski definition) is 4. The summed E-state index contributed by atoms with van der Waals surface area (Å²) in [7, 11) is 1.79. The molecular formula is C18H34N2O2. The summed E-state index contributed by atoms with van der Waals surface area (Å²) < 4.78 is 11.2. The fourth-order valence-electron chi connectivity index (χ4n) is 4.95. The van der Waals surface area contributed by atoms with Gasteiger partial charge in [-0.05, 0) is 52.1 Å². The molecule has 128 valence electrons. The Morgan fingerprint density at radius 2 is 1.91 bits per heavy atom. The van der Waals surface area contributed by atoms with Crippen LogP contribution in [0.5, 0.6) is 0 Å². The van der Waals surface area contributed by atoms with E-state index in [0.717, 1.165) is 19.8 Å². The second kappa shape index (κ2) is 7.61. The van der Waals surface area contributed by atoms with Gasteiger partial charge in [0.15, 0.2) is 0 Å². The lowest BCUT2D eigenvalue weighted by Gasteiger charge is -2.55. The summed E-state index contributed by atoms with van der Waals surface area (Å²) in [6, 6.07) is 1.42. The Kier molecular flexibility index (Phi) is 5.77. The lowest BCUT2D eigenvalue weighted by molar-refractivity contribution is -0.133. The fraction of sp³-hybridized carbons (Fsp3) is 1.00. The zero-order chi connectivity index (χ0) is 15.4. The number of rotatable bonds is 7. The summed E-state index contributed by atoms with van der Waals surface area (Å²) in [5, 5.41) is 4.02. The molecule has 1 saturated heterocycles. The molecular weight excluding hydrogens is 276 g/mol.